The fourth-order valence-electron chi connectivity index (χ4n) is 8.53. The Morgan fingerprint density at radius 1 is 0.458 bits per heavy atom. The Hall–Kier alpha value is -5.42. The highest BCUT2D eigenvalue weighted by Gasteiger charge is 2.52. The molecule has 224 valence electrons. The molecule has 8 aromatic rings. The molecule has 0 N–H and O–H groups in total. The molecule has 4 heteroatoms. The quantitative estimate of drug-likeness (QED) is 0.165. The highest BCUT2D eigenvalue weighted by Crippen LogP contribution is 2.65. The van der Waals surface area contributed by atoms with Crippen LogP contribution in [-0.2, 0) is 5.41 Å². The van der Waals surface area contributed by atoms with Crippen LogP contribution in [0.15, 0.2) is 166 Å². The molecule has 48 heavy (non-hydrogen) atoms. The summed E-state index contributed by atoms with van der Waals surface area (Å²) in [4.78, 5) is 18.9. The van der Waals surface area contributed by atoms with Crippen molar-refractivity contribution < 1.29 is 0 Å². The van der Waals surface area contributed by atoms with Gasteiger partial charge in [0.2, 0.25) is 0 Å². The fraction of sp³-hybridized carbons (Fsp3) is 0.0227. The molecule has 2 nitrogen and oxygen atoms in total. The predicted octanol–water partition coefficient (Wildman–Crippen LogP) is 11.7. The molecule has 3 aliphatic rings. The third-order valence-electron chi connectivity index (χ3n) is 10.4. The number of hydrogen-bond acceptors (Lipinski definition) is 4. The average Bonchev–Trinajstić information content (AvgIpc) is 3.59. The molecule has 0 saturated heterocycles. The number of nitrogens with zero attached hydrogens (tertiary/aromatic N) is 1. The van der Waals surface area contributed by atoms with Crippen LogP contribution < -0.4 is 10.3 Å². The normalized spacial score (nSPS) is 16.4. The first-order valence-electron chi connectivity index (χ1n) is 16.2. The summed E-state index contributed by atoms with van der Waals surface area (Å²) in [6, 6.07) is 54.7. The van der Waals surface area contributed by atoms with Crippen LogP contribution in [-0.4, -0.2) is 0 Å². The summed E-state index contributed by atoms with van der Waals surface area (Å²) in [5.74, 6) is 0. The highest BCUT2D eigenvalue weighted by atomic mass is 32.2. The van der Waals surface area contributed by atoms with E-state index in [1.54, 1.807) is 11.3 Å². The second-order valence-corrected chi connectivity index (χ2v) is 14.9. The van der Waals surface area contributed by atoms with Gasteiger partial charge in [-0.3, -0.25) is 4.79 Å². The minimum absolute atomic E-state index is 0.107. The van der Waals surface area contributed by atoms with Gasteiger partial charge in [0.05, 0.1) is 16.8 Å². The summed E-state index contributed by atoms with van der Waals surface area (Å²) < 4.78 is 2.05. The number of rotatable bonds is 1. The molecule has 2 heterocycles. The van der Waals surface area contributed by atoms with Crippen LogP contribution in [0.2, 0.25) is 0 Å². The summed E-state index contributed by atoms with van der Waals surface area (Å²) >= 11 is 3.57. The molecule has 1 spiro atoms. The summed E-state index contributed by atoms with van der Waals surface area (Å²) in [6.07, 6.45) is 0. The van der Waals surface area contributed by atoms with Gasteiger partial charge >= 0.3 is 0 Å². The number of para-hydroxylation sites is 2. The van der Waals surface area contributed by atoms with Crippen molar-refractivity contribution in [3.8, 4) is 22.3 Å². The standard InChI is InChI=1S/C44H25NOS2/c46-43-29-16-6-10-20-39(29)47-41-25-36-30(22-32(41)43)27-14-4-7-17-33(27)44(36)34-18-8-5-15-28(34)31-23-42-38(24-35(31)44)45(26-12-2-1-3-13-26)37-19-9-11-21-40(37)48-42/h1-25H. The number of anilines is 3. The van der Waals surface area contributed by atoms with Crippen molar-refractivity contribution >= 4 is 60.3 Å². The zero-order chi connectivity index (χ0) is 31.6. The molecule has 0 fully saturated rings. The number of benzene rings is 7. The molecule has 11 rings (SSSR count). The average molecular weight is 648 g/mol. The third-order valence-corrected chi connectivity index (χ3v) is 12.7. The Bertz CT molecular complexity index is 2750. The third kappa shape index (κ3) is 3.31. The van der Waals surface area contributed by atoms with E-state index in [9.17, 15) is 4.79 Å². The molecule has 0 amide bonds. The van der Waals surface area contributed by atoms with E-state index in [2.05, 4.69) is 138 Å². The van der Waals surface area contributed by atoms with E-state index in [4.69, 9.17) is 0 Å². The maximum absolute atomic E-state index is 13.9. The number of hydrogen-bond donors (Lipinski definition) is 0. The molecule has 7 aromatic carbocycles. The summed E-state index contributed by atoms with van der Waals surface area (Å²) in [5.41, 5.74) is 13.1. The monoisotopic (exact) mass is 647 g/mol. The Balaban J connectivity index is 1.27. The zero-order valence-corrected chi connectivity index (χ0v) is 27.2. The lowest BCUT2D eigenvalue weighted by Gasteiger charge is -2.35. The Morgan fingerprint density at radius 3 is 1.92 bits per heavy atom. The SMILES string of the molecule is O=c1c2ccccc2sc2cc3c(cc12)-c1ccccc1C31c2ccccc2-c2cc3c(cc21)N(c1ccccc1)c1ccccc1S3. The van der Waals surface area contributed by atoms with Gasteiger partial charge in [-0.2, -0.15) is 0 Å². The zero-order valence-electron chi connectivity index (χ0n) is 25.6. The van der Waals surface area contributed by atoms with Gasteiger partial charge in [0.25, 0.3) is 0 Å². The van der Waals surface area contributed by atoms with Gasteiger partial charge < -0.3 is 4.90 Å². The highest BCUT2D eigenvalue weighted by molar-refractivity contribution is 7.99. The number of fused-ring (bicyclic) bond motifs is 14. The second kappa shape index (κ2) is 9.57. The lowest BCUT2D eigenvalue weighted by molar-refractivity contribution is 0.794. The van der Waals surface area contributed by atoms with Gasteiger partial charge in [0, 0.05) is 35.7 Å². The van der Waals surface area contributed by atoms with Gasteiger partial charge in [0.15, 0.2) is 5.43 Å². The van der Waals surface area contributed by atoms with E-state index < -0.39 is 5.41 Å². The summed E-state index contributed by atoms with van der Waals surface area (Å²) in [5, 5.41) is 1.59. The Morgan fingerprint density at radius 2 is 1.10 bits per heavy atom. The van der Waals surface area contributed by atoms with Gasteiger partial charge in [0.1, 0.15) is 0 Å². The second-order valence-electron chi connectivity index (χ2n) is 12.8. The lowest BCUT2D eigenvalue weighted by atomic mass is 9.70. The molecule has 1 aromatic heterocycles. The first-order valence-corrected chi connectivity index (χ1v) is 17.9. The molecule has 1 atom stereocenters. The minimum Gasteiger partial charge on any atom is -0.308 e. The molecule has 0 saturated carbocycles. The van der Waals surface area contributed by atoms with E-state index in [0.29, 0.717) is 0 Å². The Kier molecular flexibility index (Phi) is 5.31. The molecular weight excluding hydrogens is 623 g/mol. The maximum Gasteiger partial charge on any atom is 0.195 e. The van der Waals surface area contributed by atoms with Crippen LogP contribution in [0.3, 0.4) is 0 Å². The molecule has 1 unspecified atom stereocenters. The van der Waals surface area contributed by atoms with Crippen molar-refractivity contribution in [1.29, 1.82) is 0 Å². The van der Waals surface area contributed by atoms with Crippen LogP contribution in [0, 0.1) is 0 Å². The van der Waals surface area contributed by atoms with Crippen LogP contribution in [0.4, 0.5) is 17.1 Å². The maximum atomic E-state index is 13.9. The fourth-order valence-corrected chi connectivity index (χ4v) is 10.7. The smallest absolute Gasteiger partial charge is 0.195 e. The van der Waals surface area contributed by atoms with Gasteiger partial charge in [-0.25, -0.2) is 0 Å². The van der Waals surface area contributed by atoms with Gasteiger partial charge in [-0.05, 0) is 105 Å². The largest absolute Gasteiger partial charge is 0.308 e. The molecule has 2 aliphatic carbocycles. The van der Waals surface area contributed by atoms with Crippen molar-refractivity contribution in [3.05, 3.63) is 184 Å². The van der Waals surface area contributed by atoms with Gasteiger partial charge in [-0.1, -0.05) is 103 Å². The predicted molar refractivity (Wildman–Crippen MR) is 201 cm³/mol. The molecule has 1 aliphatic heterocycles. The summed E-state index contributed by atoms with van der Waals surface area (Å²) in [7, 11) is 0. The van der Waals surface area contributed by atoms with E-state index in [-0.39, 0.29) is 5.43 Å². The van der Waals surface area contributed by atoms with Crippen LogP contribution in [0.5, 0.6) is 0 Å². The van der Waals surface area contributed by atoms with Crippen LogP contribution in [0.1, 0.15) is 22.3 Å². The van der Waals surface area contributed by atoms with Crippen molar-refractivity contribution in [1.82, 2.24) is 0 Å². The van der Waals surface area contributed by atoms with Crippen molar-refractivity contribution in [3.63, 3.8) is 0 Å². The van der Waals surface area contributed by atoms with E-state index in [1.807, 2.05) is 30.0 Å². The Labute approximate surface area is 285 Å². The van der Waals surface area contributed by atoms with Crippen molar-refractivity contribution in [2.24, 2.45) is 0 Å². The van der Waals surface area contributed by atoms with Crippen molar-refractivity contribution in [2.75, 3.05) is 4.90 Å². The van der Waals surface area contributed by atoms with Crippen molar-refractivity contribution in [2.45, 2.75) is 15.2 Å². The lowest BCUT2D eigenvalue weighted by Crippen LogP contribution is -2.26. The van der Waals surface area contributed by atoms with E-state index in [0.717, 1.165) is 31.4 Å². The topological polar surface area (TPSA) is 20.3 Å². The molecule has 0 radical (unpaired) electrons. The molecule has 0 bridgehead atoms. The first-order chi connectivity index (χ1) is 23.7. The first kappa shape index (κ1) is 26.6. The van der Waals surface area contributed by atoms with E-state index in [1.165, 1.54) is 60.1 Å². The minimum atomic E-state index is -0.521. The van der Waals surface area contributed by atoms with Crippen LogP contribution >= 0.6 is 23.1 Å². The van der Waals surface area contributed by atoms with E-state index >= 15 is 0 Å². The summed E-state index contributed by atoms with van der Waals surface area (Å²) in [6.45, 7) is 0. The van der Waals surface area contributed by atoms with Gasteiger partial charge in [-0.15, -0.1) is 11.3 Å². The van der Waals surface area contributed by atoms with Crippen LogP contribution in [0.25, 0.3) is 42.4 Å². The molecular formula is C44H25NOS2.